The Morgan fingerprint density at radius 3 is 2.64 bits per heavy atom. The molecule has 0 radical (unpaired) electrons. The minimum atomic E-state index is -0.782. The summed E-state index contributed by atoms with van der Waals surface area (Å²) in [5.41, 5.74) is 1.38. The van der Waals surface area contributed by atoms with E-state index in [0.29, 0.717) is 31.0 Å². The van der Waals surface area contributed by atoms with E-state index >= 15 is 0 Å². The molecule has 1 atom stereocenters. The number of nitrogens with zero attached hydrogens (tertiary/aromatic N) is 6. The van der Waals surface area contributed by atoms with E-state index in [2.05, 4.69) is 35.3 Å². The first-order chi connectivity index (χ1) is 17.2. The fourth-order valence-corrected chi connectivity index (χ4v) is 4.35. The van der Waals surface area contributed by atoms with Gasteiger partial charge in [0.15, 0.2) is 11.5 Å². The van der Waals surface area contributed by atoms with E-state index in [1.165, 1.54) is 0 Å². The lowest BCUT2D eigenvalue weighted by atomic mass is 9.95. The third kappa shape index (κ3) is 5.57. The van der Waals surface area contributed by atoms with E-state index < -0.39 is 12.1 Å². The van der Waals surface area contributed by atoms with Crippen LogP contribution in [0.15, 0.2) is 48.7 Å². The molecule has 1 aliphatic rings. The smallest absolute Gasteiger partial charge is 0.408 e. The number of hydrogen-bond donors (Lipinski definition) is 1. The number of carbonyl (C=O) groups is 2. The Morgan fingerprint density at radius 1 is 1.19 bits per heavy atom. The number of amides is 2. The topological polar surface area (TPSA) is 116 Å². The molecule has 0 saturated carbocycles. The maximum Gasteiger partial charge on any atom is 0.408 e. The highest BCUT2D eigenvalue weighted by molar-refractivity contribution is 5.87. The quantitative estimate of drug-likeness (QED) is 0.540. The van der Waals surface area contributed by atoms with E-state index in [1.807, 2.05) is 49.2 Å². The van der Waals surface area contributed by atoms with Gasteiger partial charge < -0.3 is 10.1 Å². The van der Waals surface area contributed by atoms with Crippen molar-refractivity contribution < 1.29 is 14.3 Å². The molecule has 36 heavy (non-hydrogen) atoms. The van der Waals surface area contributed by atoms with Gasteiger partial charge in [-0.05, 0) is 17.9 Å². The number of hydrogen-bond acceptors (Lipinski definition) is 7. The van der Waals surface area contributed by atoms with Crippen LogP contribution in [0.3, 0.4) is 0 Å². The number of fused-ring (bicyclic) bond motifs is 1. The van der Waals surface area contributed by atoms with Crippen molar-refractivity contribution in [1.29, 1.82) is 5.26 Å². The minimum Gasteiger partial charge on any atom is -0.445 e. The predicted molar refractivity (Wildman–Crippen MR) is 134 cm³/mol. The number of carbonyl (C=O) groups excluding carboxylic acids is 2. The standard InChI is InChI=1S/C26H31N7O3/c1-18(2)12-21(30-25(35)36-15-19-8-6-5-7-9-19)24(34)32-17-26(3,4)16-31(32)23-13-20(14-27)29-22-10-11-28-33(22)23/h5-11,13,18,21H,12,15-17H2,1-4H3,(H,30,35). The zero-order chi connectivity index (χ0) is 25.9. The Kier molecular flexibility index (Phi) is 7.10. The van der Waals surface area contributed by atoms with Crippen LogP contribution < -0.4 is 10.3 Å². The average molecular weight is 490 g/mol. The molecular formula is C26H31N7O3. The fourth-order valence-electron chi connectivity index (χ4n) is 4.35. The average Bonchev–Trinajstić information content (AvgIpc) is 3.45. The lowest BCUT2D eigenvalue weighted by molar-refractivity contribution is -0.133. The maximum absolute atomic E-state index is 13.9. The lowest BCUT2D eigenvalue weighted by Crippen LogP contribution is -2.53. The van der Waals surface area contributed by atoms with Crippen molar-refractivity contribution in [2.45, 2.75) is 46.8 Å². The van der Waals surface area contributed by atoms with Gasteiger partial charge in [0, 0.05) is 30.6 Å². The summed E-state index contributed by atoms with van der Waals surface area (Å²) in [6, 6.07) is 14.0. The number of anilines is 1. The van der Waals surface area contributed by atoms with E-state index in [4.69, 9.17) is 4.74 Å². The van der Waals surface area contributed by atoms with Crippen molar-refractivity contribution in [2.75, 3.05) is 18.1 Å². The molecule has 1 N–H and O–H groups in total. The molecule has 1 unspecified atom stereocenters. The van der Waals surface area contributed by atoms with Gasteiger partial charge >= 0.3 is 6.09 Å². The number of alkyl carbamates (subject to hydrolysis) is 1. The van der Waals surface area contributed by atoms with Crippen molar-refractivity contribution in [2.24, 2.45) is 11.3 Å². The summed E-state index contributed by atoms with van der Waals surface area (Å²) in [5, 5.41) is 20.1. The number of aromatic nitrogens is 3. The van der Waals surface area contributed by atoms with Gasteiger partial charge in [0.1, 0.15) is 24.4 Å². The van der Waals surface area contributed by atoms with Gasteiger partial charge in [-0.3, -0.25) is 14.8 Å². The van der Waals surface area contributed by atoms with Gasteiger partial charge in [0.05, 0.1) is 6.20 Å². The molecule has 0 spiro atoms. The van der Waals surface area contributed by atoms with Gasteiger partial charge in [0.25, 0.3) is 5.91 Å². The summed E-state index contributed by atoms with van der Waals surface area (Å²) in [6.45, 7) is 9.21. The summed E-state index contributed by atoms with van der Waals surface area (Å²) >= 11 is 0. The van der Waals surface area contributed by atoms with Crippen molar-refractivity contribution in [3.8, 4) is 6.07 Å². The molecule has 1 saturated heterocycles. The van der Waals surface area contributed by atoms with Gasteiger partial charge in [-0.1, -0.05) is 58.0 Å². The van der Waals surface area contributed by atoms with Crippen LogP contribution in [0.4, 0.5) is 10.6 Å². The first-order valence-electron chi connectivity index (χ1n) is 12.0. The van der Waals surface area contributed by atoms with Crippen LogP contribution in [-0.4, -0.2) is 50.7 Å². The predicted octanol–water partition coefficient (Wildman–Crippen LogP) is 3.53. The lowest BCUT2D eigenvalue weighted by Gasteiger charge is -2.33. The van der Waals surface area contributed by atoms with Crippen molar-refractivity contribution in [3.63, 3.8) is 0 Å². The second kappa shape index (κ2) is 10.2. The summed E-state index contributed by atoms with van der Waals surface area (Å²) in [7, 11) is 0. The van der Waals surface area contributed by atoms with E-state index in [1.54, 1.807) is 27.9 Å². The Hall–Kier alpha value is -4.13. The fraction of sp³-hybridized carbons (Fsp3) is 0.423. The number of rotatable bonds is 7. The molecule has 1 aliphatic heterocycles. The summed E-state index contributed by atoms with van der Waals surface area (Å²) in [4.78, 5) is 30.8. The largest absolute Gasteiger partial charge is 0.445 e. The van der Waals surface area contributed by atoms with Crippen molar-refractivity contribution in [3.05, 3.63) is 59.9 Å². The third-order valence-electron chi connectivity index (χ3n) is 5.93. The highest BCUT2D eigenvalue weighted by atomic mass is 16.5. The number of nitrogens with one attached hydrogen (secondary N) is 1. The van der Waals surface area contributed by atoms with Crippen LogP contribution in [0, 0.1) is 22.7 Å². The molecule has 10 nitrogen and oxygen atoms in total. The highest BCUT2D eigenvalue weighted by Crippen LogP contribution is 2.33. The van der Waals surface area contributed by atoms with Crippen molar-refractivity contribution in [1.82, 2.24) is 24.9 Å². The first-order valence-corrected chi connectivity index (χ1v) is 12.0. The van der Waals surface area contributed by atoms with Crippen LogP contribution in [0.5, 0.6) is 0 Å². The zero-order valence-corrected chi connectivity index (χ0v) is 21.0. The number of benzene rings is 1. The molecule has 2 amide bonds. The summed E-state index contributed by atoms with van der Waals surface area (Å²) in [6.07, 6.45) is 1.40. The molecule has 10 heteroatoms. The van der Waals surface area contributed by atoms with Crippen LogP contribution in [0.2, 0.25) is 0 Å². The van der Waals surface area contributed by atoms with Gasteiger partial charge in [-0.25, -0.2) is 9.78 Å². The van der Waals surface area contributed by atoms with Crippen LogP contribution >= 0.6 is 0 Å². The monoisotopic (exact) mass is 489 g/mol. The summed E-state index contributed by atoms with van der Waals surface area (Å²) < 4.78 is 7.00. The SMILES string of the molecule is CC(C)CC(NC(=O)OCc1ccccc1)C(=O)N1CC(C)(C)CN1c1cc(C#N)nc2ccnn12. The highest BCUT2D eigenvalue weighted by Gasteiger charge is 2.42. The molecule has 4 rings (SSSR count). The van der Waals surface area contributed by atoms with E-state index in [-0.39, 0.29) is 29.5 Å². The number of nitriles is 1. The number of ether oxygens (including phenoxy) is 1. The Balaban J connectivity index is 1.59. The molecule has 0 bridgehead atoms. The second-order valence-corrected chi connectivity index (χ2v) is 10.2. The van der Waals surface area contributed by atoms with Gasteiger partial charge in [0.2, 0.25) is 0 Å². The molecular weight excluding hydrogens is 458 g/mol. The van der Waals surface area contributed by atoms with Gasteiger partial charge in [-0.2, -0.15) is 14.9 Å². The van der Waals surface area contributed by atoms with E-state index in [9.17, 15) is 14.9 Å². The Morgan fingerprint density at radius 2 is 1.94 bits per heavy atom. The zero-order valence-electron chi connectivity index (χ0n) is 21.0. The van der Waals surface area contributed by atoms with Crippen LogP contribution in [0.1, 0.15) is 45.4 Å². The molecule has 2 aromatic heterocycles. The Bertz CT molecular complexity index is 1280. The van der Waals surface area contributed by atoms with Gasteiger partial charge in [-0.15, -0.1) is 0 Å². The maximum atomic E-state index is 13.9. The molecule has 0 aliphatic carbocycles. The molecule has 1 fully saturated rings. The molecule has 188 valence electrons. The third-order valence-corrected chi connectivity index (χ3v) is 5.93. The number of hydrazine groups is 1. The Labute approximate surface area is 210 Å². The normalized spacial score (nSPS) is 15.7. The molecule has 3 heterocycles. The van der Waals surface area contributed by atoms with Crippen LogP contribution in [0.25, 0.3) is 5.65 Å². The minimum absolute atomic E-state index is 0.114. The van der Waals surface area contributed by atoms with Crippen molar-refractivity contribution >= 4 is 23.5 Å². The summed E-state index contributed by atoms with van der Waals surface area (Å²) in [5.74, 6) is 0.471. The molecule has 1 aromatic carbocycles. The first kappa shape index (κ1) is 25.0. The second-order valence-electron chi connectivity index (χ2n) is 10.2. The molecule has 3 aromatic rings. The van der Waals surface area contributed by atoms with E-state index in [0.717, 1.165) is 5.56 Å². The van der Waals surface area contributed by atoms with Crippen LogP contribution in [-0.2, 0) is 16.1 Å².